The fraction of sp³-hybridized carbons (Fsp3) is 0.267. The SMILES string of the molecule is CCC=O.CCC=O.O=c1ccc2ccccc2o1. The van der Waals surface area contributed by atoms with E-state index in [9.17, 15) is 14.4 Å². The average Bonchev–Trinajstić information content (AvgIpc) is 2.47. The molecule has 1 aromatic carbocycles. The van der Waals surface area contributed by atoms with E-state index in [2.05, 4.69) is 0 Å². The largest absolute Gasteiger partial charge is 0.423 e. The van der Waals surface area contributed by atoms with E-state index in [-0.39, 0.29) is 5.63 Å². The second kappa shape index (κ2) is 10.9. The van der Waals surface area contributed by atoms with Crippen molar-refractivity contribution in [2.24, 2.45) is 0 Å². The summed E-state index contributed by atoms with van der Waals surface area (Å²) in [5, 5.41) is 0.951. The molecule has 0 radical (unpaired) electrons. The van der Waals surface area contributed by atoms with Crippen LogP contribution in [0.2, 0.25) is 0 Å². The third-order valence-electron chi connectivity index (χ3n) is 1.86. The van der Waals surface area contributed by atoms with Crippen LogP contribution >= 0.6 is 0 Å². The van der Waals surface area contributed by atoms with Gasteiger partial charge in [0.1, 0.15) is 18.2 Å². The molecule has 4 heteroatoms. The normalized spacial score (nSPS) is 8.53. The molecule has 4 nitrogen and oxygen atoms in total. The number of hydrogen-bond donors (Lipinski definition) is 0. The lowest BCUT2D eigenvalue weighted by Gasteiger charge is -1.91. The van der Waals surface area contributed by atoms with E-state index in [1.165, 1.54) is 6.07 Å². The number of hydrogen-bond acceptors (Lipinski definition) is 4. The van der Waals surface area contributed by atoms with Gasteiger partial charge in [-0.05, 0) is 12.1 Å². The van der Waals surface area contributed by atoms with Crippen LogP contribution in [-0.2, 0) is 9.59 Å². The van der Waals surface area contributed by atoms with Gasteiger partial charge in [0.2, 0.25) is 0 Å². The van der Waals surface area contributed by atoms with Crippen LogP contribution in [0, 0.1) is 0 Å². The number of rotatable bonds is 2. The minimum absolute atomic E-state index is 0.302. The molecule has 0 spiro atoms. The molecule has 2 rings (SSSR count). The van der Waals surface area contributed by atoms with Crippen molar-refractivity contribution in [3.8, 4) is 0 Å². The molecule has 102 valence electrons. The summed E-state index contributed by atoms with van der Waals surface area (Å²) in [6.45, 7) is 3.62. The lowest BCUT2D eigenvalue weighted by Crippen LogP contribution is -1.93. The predicted octanol–water partition coefficient (Wildman–Crippen LogP) is 2.98. The van der Waals surface area contributed by atoms with Crippen molar-refractivity contribution in [2.75, 3.05) is 0 Å². The number of fused-ring (bicyclic) bond motifs is 1. The standard InChI is InChI=1S/C9H6O2.2C3H6O/c10-9-6-5-7-3-1-2-4-8(7)11-9;2*1-2-3-4/h1-6H;2*3H,2H2,1H3. The zero-order valence-electron chi connectivity index (χ0n) is 11.2. The van der Waals surface area contributed by atoms with Gasteiger partial charge in [-0.25, -0.2) is 4.79 Å². The van der Waals surface area contributed by atoms with Gasteiger partial charge in [-0.15, -0.1) is 0 Å². The molecule has 0 bridgehead atoms. The quantitative estimate of drug-likeness (QED) is 0.616. The molecule has 0 N–H and O–H groups in total. The Kier molecular flexibility index (Phi) is 9.62. The number of carbonyl (C=O) groups excluding carboxylic acids is 2. The van der Waals surface area contributed by atoms with Crippen LogP contribution in [0.15, 0.2) is 45.6 Å². The molecule has 0 fully saturated rings. The van der Waals surface area contributed by atoms with Gasteiger partial charge < -0.3 is 14.0 Å². The van der Waals surface area contributed by atoms with E-state index >= 15 is 0 Å². The van der Waals surface area contributed by atoms with Crippen LogP contribution < -0.4 is 5.63 Å². The van der Waals surface area contributed by atoms with Crippen molar-refractivity contribution in [1.29, 1.82) is 0 Å². The Morgan fingerprint density at radius 1 is 0.947 bits per heavy atom. The molecule has 0 aliphatic rings. The van der Waals surface area contributed by atoms with Gasteiger partial charge in [0, 0.05) is 24.3 Å². The van der Waals surface area contributed by atoms with E-state index in [1.54, 1.807) is 12.1 Å². The first-order chi connectivity index (χ1) is 9.19. The maximum absolute atomic E-state index is 10.7. The first-order valence-corrected chi connectivity index (χ1v) is 6.05. The van der Waals surface area contributed by atoms with E-state index in [1.807, 2.05) is 32.0 Å². The van der Waals surface area contributed by atoms with Crippen LogP contribution in [0.5, 0.6) is 0 Å². The summed E-state index contributed by atoms with van der Waals surface area (Å²) in [7, 11) is 0. The lowest BCUT2D eigenvalue weighted by atomic mass is 10.2. The fourth-order valence-electron chi connectivity index (χ4n) is 1.01. The first-order valence-electron chi connectivity index (χ1n) is 6.05. The van der Waals surface area contributed by atoms with Crippen LogP contribution in [0.1, 0.15) is 26.7 Å². The topological polar surface area (TPSA) is 64.3 Å². The van der Waals surface area contributed by atoms with Gasteiger partial charge in [0.15, 0.2) is 0 Å². The predicted molar refractivity (Wildman–Crippen MR) is 75.2 cm³/mol. The molecule has 19 heavy (non-hydrogen) atoms. The van der Waals surface area contributed by atoms with Gasteiger partial charge in [-0.3, -0.25) is 0 Å². The molecule has 2 aromatic rings. The molecule has 0 aliphatic heterocycles. The van der Waals surface area contributed by atoms with Crippen LogP contribution in [0.3, 0.4) is 0 Å². The third kappa shape index (κ3) is 7.65. The van der Waals surface area contributed by atoms with Crippen molar-refractivity contribution in [2.45, 2.75) is 26.7 Å². The summed E-state index contributed by atoms with van der Waals surface area (Å²) < 4.78 is 4.91. The number of benzene rings is 1. The van der Waals surface area contributed by atoms with Crippen LogP contribution in [0.4, 0.5) is 0 Å². The Hall–Kier alpha value is -2.23. The Labute approximate surface area is 112 Å². The molecule has 0 unspecified atom stereocenters. The highest BCUT2D eigenvalue weighted by Gasteiger charge is 1.92. The van der Waals surface area contributed by atoms with Crippen molar-refractivity contribution < 1.29 is 14.0 Å². The van der Waals surface area contributed by atoms with Crippen molar-refractivity contribution in [3.05, 3.63) is 46.8 Å². The molecule has 1 aromatic heterocycles. The molecule has 0 saturated heterocycles. The fourth-order valence-corrected chi connectivity index (χ4v) is 1.01. The Morgan fingerprint density at radius 3 is 2.00 bits per heavy atom. The van der Waals surface area contributed by atoms with Crippen molar-refractivity contribution in [1.82, 2.24) is 0 Å². The molecule has 0 saturated carbocycles. The van der Waals surface area contributed by atoms with Crippen molar-refractivity contribution >= 4 is 23.5 Å². The monoisotopic (exact) mass is 262 g/mol. The summed E-state index contributed by atoms with van der Waals surface area (Å²) in [6, 6.07) is 10.6. The smallest absolute Gasteiger partial charge is 0.336 e. The summed E-state index contributed by atoms with van der Waals surface area (Å²) >= 11 is 0. The highest BCUT2D eigenvalue weighted by molar-refractivity contribution is 5.75. The van der Waals surface area contributed by atoms with Crippen LogP contribution in [-0.4, -0.2) is 12.6 Å². The third-order valence-corrected chi connectivity index (χ3v) is 1.86. The molecule has 1 heterocycles. The highest BCUT2D eigenvalue weighted by Crippen LogP contribution is 2.08. The second-order valence-electron chi connectivity index (χ2n) is 3.44. The first kappa shape index (κ1) is 16.8. The Morgan fingerprint density at radius 2 is 1.47 bits per heavy atom. The van der Waals surface area contributed by atoms with E-state index in [4.69, 9.17) is 4.42 Å². The molecule has 0 aliphatic carbocycles. The van der Waals surface area contributed by atoms with Gasteiger partial charge in [0.05, 0.1) is 0 Å². The number of para-hydroxylation sites is 1. The lowest BCUT2D eigenvalue weighted by molar-refractivity contribution is -0.108. The van der Waals surface area contributed by atoms with Gasteiger partial charge in [0.25, 0.3) is 0 Å². The zero-order valence-corrected chi connectivity index (χ0v) is 11.2. The summed E-state index contributed by atoms with van der Waals surface area (Å²) in [6.07, 6.45) is 3.03. The minimum Gasteiger partial charge on any atom is -0.423 e. The molecule has 0 amide bonds. The van der Waals surface area contributed by atoms with Gasteiger partial charge >= 0.3 is 5.63 Å². The summed E-state index contributed by atoms with van der Waals surface area (Å²) in [4.78, 5) is 29.1. The summed E-state index contributed by atoms with van der Waals surface area (Å²) in [5.74, 6) is 0. The van der Waals surface area contributed by atoms with Gasteiger partial charge in [-0.2, -0.15) is 0 Å². The average molecular weight is 262 g/mol. The molecular formula is C15H18O4. The summed E-state index contributed by atoms with van der Waals surface area (Å²) in [5.41, 5.74) is 0.337. The van der Waals surface area contributed by atoms with E-state index in [0.29, 0.717) is 18.4 Å². The highest BCUT2D eigenvalue weighted by atomic mass is 16.4. The minimum atomic E-state index is -0.302. The number of aldehydes is 2. The zero-order chi connectivity index (χ0) is 14.5. The van der Waals surface area contributed by atoms with E-state index in [0.717, 1.165) is 18.0 Å². The maximum atomic E-state index is 10.7. The second-order valence-corrected chi connectivity index (χ2v) is 3.44. The molecular weight excluding hydrogens is 244 g/mol. The van der Waals surface area contributed by atoms with Crippen LogP contribution in [0.25, 0.3) is 11.0 Å². The molecule has 0 atom stereocenters. The van der Waals surface area contributed by atoms with Crippen molar-refractivity contribution in [3.63, 3.8) is 0 Å². The van der Waals surface area contributed by atoms with Gasteiger partial charge in [-0.1, -0.05) is 32.0 Å². The van der Waals surface area contributed by atoms with E-state index < -0.39 is 0 Å². The maximum Gasteiger partial charge on any atom is 0.336 e. The Bertz CT molecular complexity index is 535. The number of carbonyl (C=O) groups is 2. The Balaban J connectivity index is 0.000000342.